The monoisotopic (exact) mass is 198 g/mol. The van der Waals surface area contributed by atoms with Gasteiger partial charge in [-0.1, -0.05) is 12.2 Å². The van der Waals surface area contributed by atoms with Crippen LogP contribution in [0.2, 0.25) is 0 Å². The van der Waals surface area contributed by atoms with Gasteiger partial charge in [-0.25, -0.2) is 0 Å². The number of hydrogen-bond donors (Lipinski definition) is 3. The van der Waals surface area contributed by atoms with Crippen molar-refractivity contribution in [1.29, 1.82) is 0 Å². The average molecular weight is 198 g/mol. The number of allylic oxidation sites excluding steroid dienone is 1. The first-order valence-corrected chi connectivity index (χ1v) is 4.68. The first kappa shape index (κ1) is 9.86. The second-order valence-electron chi connectivity index (χ2n) is 3.59. The summed E-state index contributed by atoms with van der Waals surface area (Å²) in [5, 5.41) is 28.6. The molecule has 0 bridgehead atoms. The Labute approximate surface area is 82.1 Å². The fraction of sp³-hybridized carbons (Fsp3) is 0.600. The summed E-state index contributed by atoms with van der Waals surface area (Å²) < 4.78 is 5.12. The topological polar surface area (TPSA) is 73.2 Å². The first-order chi connectivity index (χ1) is 6.70. The maximum absolute atomic E-state index is 9.77. The standard InChI is InChI=1S/C10H14O4/c1-2-3-5-6(4-11)8(13)10-9(14-10)7(5)12/h2-3,7-13H,4H2,1H3/b3-2+. The molecule has 4 nitrogen and oxygen atoms in total. The second-order valence-corrected chi connectivity index (χ2v) is 3.59. The number of epoxide rings is 1. The van der Waals surface area contributed by atoms with Crippen LogP contribution in [0.25, 0.3) is 0 Å². The van der Waals surface area contributed by atoms with E-state index in [2.05, 4.69) is 0 Å². The molecule has 0 saturated carbocycles. The zero-order valence-corrected chi connectivity index (χ0v) is 7.92. The van der Waals surface area contributed by atoms with Gasteiger partial charge in [-0.15, -0.1) is 0 Å². The molecule has 0 aromatic rings. The highest BCUT2D eigenvalue weighted by Crippen LogP contribution is 2.40. The third-order valence-corrected chi connectivity index (χ3v) is 2.75. The predicted molar refractivity (Wildman–Crippen MR) is 49.6 cm³/mol. The van der Waals surface area contributed by atoms with E-state index in [1.165, 1.54) is 0 Å². The van der Waals surface area contributed by atoms with Crippen molar-refractivity contribution in [3.63, 3.8) is 0 Å². The number of aliphatic hydroxyl groups excluding tert-OH is 3. The normalized spacial score (nSPS) is 41.7. The molecule has 4 heteroatoms. The van der Waals surface area contributed by atoms with Gasteiger partial charge in [0.2, 0.25) is 0 Å². The lowest BCUT2D eigenvalue weighted by Gasteiger charge is -2.23. The molecule has 2 rings (SSSR count). The highest BCUT2D eigenvalue weighted by atomic mass is 16.6. The molecule has 0 radical (unpaired) electrons. The van der Waals surface area contributed by atoms with Crippen LogP contribution in [0.1, 0.15) is 6.92 Å². The van der Waals surface area contributed by atoms with Gasteiger partial charge >= 0.3 is 0 Å². The second kappa shape index (κ2) is 3.47. The Morgan fingerprint density at radius 3 is 2.50 bits per heavy atom. The fourth-order valence-corrected chi connectivity index (χ4v) is 1.95. The molecule has 3 N–H and O–H groups in total. The summed E-state index contributed by atoms with van der Waals surface area (Å²) in [6, 6.07) is 0. The lowest BCUT2D eigenvalue weighted by molar-refractivity contribution is 0.141. The average Bonchev–Trinajstić information content (AvgIpc) is 2.94. The van der Waals surface area contributed by atoms with E-state index in [1.54, 1.807) is 12.2 Å². The molecule has 1 heterocycles. The smallest absolute Gasteiger partial charge is 0.117 e. The zero-order valence-electron chi connectivity index (χ0n) is 7.92. The van der Waals surface area contributed by atoms with Crippen LogP contribution >= 0.6 is 0 Å². The number of aliphatic hydroxyl groups is 3. The van der Waals surface area contributed by atoms with Crippen LogP contribution in [0.3, 0.4) is 0 Å². The van der Waals surface area contributed by atoms with E-state index in [-0.39, 0.29) is 18.8 Å². The fourth-order valence-electron chi connectivity index (χ4n) is 1.95. The Morgan fingerprint density at radius 2 is 1.93 bits per heavy atom. The molecule has 4 atom stereocenters. The van der Waals surface area contributed by atoms with Crippen LogP contribution in [-0.2, 0) is 4.74 Å². The van der Waals surface area contributed by atoms with E-state index in [4.69, 9.17) is 9.84 Å². The number of ether oxygens (including phenoxy) is 1. The van der Waals surface area contributed by atoms with Crippen molar-refractivity contribution in [1.82, 2.24) is 0 Å². The van der Waals surface area contributed by atoms with Gasteiger partial charge in [0.05, 0.1) is 6.61 Å². The van der Waals surface area contributed by atoms with E-state index < -0.39 is 12.2 Å². The summed E-state index contributed by atoms with van der Waals surface area (Å²) in [6.07, 6.45) is 1.34. The van der Waals surface area contributed by atoms with Gasteiger partial charge in [0.25, 0.3) is 0 Å². The van der Waals surface area contributed by atoms with E-state index >= 15 is 0 Å². The third-order valence-electron chi connectivity index (χ3n) is 2.75. The Morgan fingerprint density at radius 1 is 1.29 bits per heavy atom. The lowest BCUT2D eigenvalue weighted by Crippen LogP contribution is -2.35. The van der Waals surface area contributed by atoms with Crippen molar-refractivity contribution < 1.29 is 20.1 Å². The molecule has 78 valence electrons. The van der Waals surface area contributed by atoms with Crippen molar-refractivity contribution in [2.45, 2.75) is 31.3 Å². The van der Waals surface area contributed by atoms with Gasteiger partial charge in [-0.3, -0.25) is 0 Å². The highest BCUT2D eigenvalue weighted by Gasteiger charge is 2.54. The van der Waals surface area contributed by atoms with Crippen molar-refractivity contribution in [3.05, 3.63) is 23.3 Å². The molecule has 0 spiro atoms. The molecule has 2 aliphatic rings. The summed E-state index contributed by atoms with van der Waals surface area (Å²) in [7, 11) is 0. The van der Waals surface area contributed by atoms with Gasteiger partial charge in [-0.05, 0) is 18.1 Å². The Kier molecular flexibility index (Phi) is 2.45. The summed E-state index contributed by atoms with van der Waals surface area (Å²) in [4.78, 5) is 0. The minimum Gasteiger partial charge on any atom is -0.392 e. The van der Waals surface area contributed by atoms with Crippen LogP contribution in [0.4, 0.5) is 0 Å². The summed E-state index contributed by atoms with van der Waals surface area (Å²) >= 11 is 0. The number of fused-ring (bicyclic) bond motifs is 1. The molecule has 4 unspecified atom stereocenters. The van der Waals surface area contributed by atoms with Gasteiger partial charge in [0, 0.05) is 0 Å². The maximum Gasteiger partial charge on any atom is 0.117 e. The van der Waals surface area contributed by atoms with Crippen LogP contribution in [0, 0.1) is 0 Å². The van der Waals surface area contributed by atoms with E-state index in [0.29, 0.717) is 11.1 Å². The van der Waals surface area contributed by atoms with Crippen LogP contribution in [0.15, 0.2) is 23.3 Å². The van der Waals surface area contributed by atoms with E-state index in [0.717, 1.165) is 0 Å². The molecule has 1 fully saturated rings. The van der Waals surface area contributed by atoms with Crippen LogP contribution < -0.4 is 0 Å². The quantitative estimate of drug-likeness (QED) is 0.516. The first-order valence-electron chi connectivity index (χ1n) is 4.68. The van der Waals surface area contributed by atoms with Crippen molar-refractivity contribution in [3.8, 4) is 0 Å². The summed E-state index contributed by atoms with van der Waals surface area (Å²) in [5.74, 6) is 0. The molecule has 1 aliphatic heterocycles. The maximum atomic E-state index is 9.77. The number of rotatable bonds is 2. The van der Waals surface area contributed by atoms with Gasteiger partial charge in [0.1, 0.15) is 24.4 Å². The zero-order chi connectivity index (χ0) is 10.3. The van der Waals surface area contributed by atoms with E-state index in [9.17, 15) is 10.2 Å². The Balaban J connectivity index is 2.36. The third kappa shape index (κ3) is 1.31. The molecule has 14 heavy (non-hydrogen) atoms. The van der Waals surface area contributed by atoms with Gasteiger partial charge in [0.15, 0.2) is 0 Å². The summed E-state index contributed by atoms with van der Waals surface area (Å²) in [5.41, 5.74) is 1.05. The molecule has 0 amide bonds. The molecule has 1 saturated heterocycles. The lowest BCUT2D eigenvalue weighted by atomic mass is 9.87. The van der Waals surface area contributed by atoms with Gasteiger partial charge in [-0.2, -0.15) is 0 Å². The Bertz CT molecular complexity index is 294. The van der Waals surface area contributed by atoms with Crippen molar-refractivity contribution >= 4 is 0 Å². The van der Waals surface area contributed by atoms with Crippen LogP contribution in [0.5, 0.6) is 0 Å². The van der Waals surface area contributed by atoms with Crippen molar-refractivity contribution in [2.24, 2.45) is 0 Å². The minimum absolute atomic E-state index is 0.246. The molecule has 0 aromatic heterocycles. The highest BCUT2D eigenvalue weighted by molar-refractivity contribution is 5.39. The summed E-state index contributed by atoms with van der Waals surface area (Å²) in [6.45, 7) is 1.57. The molecule has 1 aliphatic carbocycles. The molecular formula is C10H14O4. The molecular weight excluding hydrogens is 184 g/mol. The molecule has 0 aromatic carbocycles. The Hall–Kier alpha value is -0.680. The predicted octanol–water partition coefficient (Wildman–Crippen LogP) is -0.646. The van der Waals surface area contributed by atoms with E-state index in [1.807, 2.05) is 6.92 Å². The largest absolute Gasteiger partial charge is 0.392 e. The van der Waals surface area contributed by atoms with Crippen molar-refractivity contribution in [2.75, 3.05) is 6.61 Å². The van der Waals surface area contributed by atoms with Gasteiger partial charge < -0.3 is 20.1 Å². The number of hydrogen-bond acceptors (Lipinski definition) is 4. The minimum atomic E-state index is -0.778. The SMILES string of the molecule is C/C=C/C1=C(CO)C(O)C2OC2C1O. The van der Waals surface area contributed by atoms with Crippen LogP contribution in [-0.4, -0.2) is 46.3 Å².